The van der Waals surface area contributed by atoms with Gasteiger partial charge in [-0.2, -0.15) is 0 Å². The molecule has 25 heavy (non-hydrogen) atoms. The Bertz CT molecular complexity index is 878. The molecule has 1 fully saturated rings. The van der Waals surface area contributed by atoms with Crippen molar-refractivity contribution < 1.29 is 23.4 Å². The van der Waals surface area contributed by atoms with E-state index in [1.165, 1.54) is 24.3 Å². The van der Waals surface area contributed by atoms with Gasteiger partial charge < -0.3 is 9.84 Å². The highest BCUT2D eigenvalue weighted by Crippen LogP contribution is 2.36. The fraction of sp³-hybridized carbons (Fsp3) is 0.0625. The lowest BCUT2D eigenvalue weighted by Crippen LogP contribution is -2.27. The minimum Gasteiger partial charge on any atom is -0.503 e. The number of aromatic nitrogens is 1. The van der Waals surface area contributed by atoms with E-state index in [0.717, 1.165) is 23.9 Å². The SMILES string of the molecule is COc1ccc(N2C(=O)C(=Cc3cc(F)c(O)c(F)c3)SC2=S)cn1. The monoisotopic (exact) mass is 380 g/mol. The summed E-state index contributed by atoms with van der Waals surface area (Å²) in [4.78, 5) is 18.1. The van der Waals surface area contributed by atoms with Gasteiger partial charge in [-0.15, -0.1) is 0 Å². The van der Waals surface area contributed by atoms with Crippen molar-refractivity contribution in [3.63, 3.8) is 0 Å². The normalized spacial score (nSPS) is 16.0. The molecule has 0 unspecified atom stereocenters. The van der Waals surface area contributed by atoms with Crippen molar-refractivity contribution in [2.75, 3.05) is 12.0 Å². The Morgan fingerprint density at radius 2 is 2.00 bits per heavy atom. The molecule has 1 aromatic carbocycles. The highest BCUT2D eigenvalue weighted by atomic mass is 32.2. The number of phenolic OH excluding ortho intramolecular Hbond substituents is 1. The predicted molar refractivity (Wildman–Crippen MR) is 94.5 cm³/mol. The molecule has 1 aromatic heterocycles. The molecule has 1 amide bonds. The van der Waals surface area contributed by atoms with Crippen LogP contribution in [0.3, 0.4) is 0 Å². The maximum atomic E-state index is 13.4. The van der Waals surface area contributed by atoms with E-state index in [0.29, 0.717) is 11.6 Å². The van der Waals surface area contributed by atoms with Crippen LogP contribution in [0.1, 0.15) is 5.56 Å². The zero-order valence-corrected chi connectivity index (χ0v) is 14.3. The lowest BCUT2D eigenvalue weighted by Gasteiger charge is -2.14. The van der Waals surface area contributed by atoms with Crippen LogP contribution in [0.2, 0.25) is 0 Å². The highest BCUT2D eigenvalue weighted by Gasteiger charge is 2.33. The number of thioether (sulfide) groups is 1. The summed E-state index contributed by atoms with van der Waals surface area (Å²) in [6, 6.07) is 5.07. The largest absolute Gasteiger partial charge is 0.503 e. The Morgan fingerprint density at radius 3 is 2.56 bits per heavy atom. The van der Waals surface area contributed by atoms with Crippen molar-refractivity contribution in [1.82, 2.24) is 4.98 Å². The third-order valence-corrected chi connectivity index (χ3v) is 4.62. The summed E-state index contributed by atoms with van der Waals surface area (Å²) in [7, 11) is 1.47. The molecule has 5 nitrogen and oxygen atoms in total. The fourth-order valence-corrected chi connectivity index (χ4v) is 3.43. The number of nitrogens with zero attached hydrogens (tertiary/aromatic N) is 2. The maximum absolute atomic E-state index is 13.4. The van der Waals surface area contributed by atoms with Gasteiger partial charge in [-0.3, -0.25) is 9.69 Å². The van der Waals surface area contributed by atoms with Crippen LogP contribution in [0.25, 0.3) is 6.08 Å². The number of anilines is 1. The molecule has 1 aliphatic rings. The Kier molecular flexibility index (Phi) is 4.69. The number of phenols is 1. The molecule has 2 aromatic rings. The van der Waals surface area contributed by atoms with Crippen LogP contribution in [-0.2, 0) is 4.79 Å². The van der Waals surface area contributed by atoms with E-state index >= 15 is 0 Å². The average molecular weight is 380 g/mol. The van der Waals surface area contributed by atoms with Crippen molar-refractivity contribution in [1.29, 1.82) is 0 Å². The lowest BCUT2D eigenvalue weighted by molar-refractivity contribution is -0.113. The highest BCUT2D eigenvalue weighted by molar-refractivity contribution is 8.27. The fourth-order valence-electron chi connectivity index (χ4n) is 2.14. The van der Waals surface area contributed by atoms with Crippen LogP contribution in [0.15, 0.2) is 35.4 Å². The van der Waals surface area contributed by atoms with E-state index in [1.54, 1.807) is 12.1 Å². The maximum Gasteiger partial charge on any atom is 0.270 e. The van der Waals surface area contributed by atoms with E-state index in [1.807, 2.05) is 0 Å². The molecule has 1 N–H and O–H groups in total. The third kappa shape index (κ3) is 3.33. The second kappa shape index (κ2) is 6.77. The van der Waals surface area contributed by atoms with Gasteiger partial charge in [0.2, 0.25) is 5.88 Å². The number of ether oxygens (including phenoxy) is 1. The number of methoxy groups -OCH3 is 1. The number of carbonyl (C=O) groups excluding carboxylic acids is 1. The van der Waals surface area contributed by atoms with Gasteiger partial charge >= 0.3 is 0 Å². The van der Waals surface area contributed by atoms with Crippen LogP contribution < -0.4 is 9.64 Å². The third-order valence-electron chi connectivity index (χ3n) is 3.32. The lowest BCUT2D eigenvalue weighted by atomic mass is 10.2. The number of carbonyl (C=O) groups is 1. The Balaban J connectivity index is 1.92. The molecule has 1 saturated heterocycles. The molecule has 2 heterocycles. The van der Waals surface area contributed by atoms with Crippen LogP contribution in [0, 0.1) is 11.6 Å². The van der Waals surface area contributed by atoms with Gasteiger partial charge in [-0.1, -0.05) is 24.0 Å². The molecule has 0 spiro atoms. The molecule has 9 heteroatoms. The quantitative estimate of drug-likeness (QED) is 0.650. The zero-order valence-electron chi connectivity index (χ0n) is 12.7. The summed E-state index contributed by atoms with van der Waals surface area (Å²) >= 11 is 6.21. The molecule has 0 radical (unpaired) electrons. The molecule has 128 valence electrons. The van der Waals surface area contributed by atoms with E-state index in [4.69, 9.17) is 22.1 Å². The zero-order chi connectivity index (χ0) is 18.1. The minimum atomic E-state index is -1.11. The van der Waals surface area contributed by atoms with Gasteiger partial charge in [0, 0.05) is 6.07 Å². The second-order valence-electron chi connectivity index (χ2n) is 4.91. The summed E-state index contributed by atoms with van der Waals surface area (Å²) in [6.45, 7) is 0. The first-order chi connectivity index (χ1) is 11.9. The van der Waals surface area contributed by atoms with Crippen molar-refractivity contribution >= 4 is 46.0 Å². The molecule has 1 aliphatic heterocycles. The van der Waals surface area contributed by atoms with E-state index in [9.17, 15) is 13.6 Å². The van der Waals surface area contributed by atoms with Crippen molar-refractivity contribution in [2.24, 2.45) is 0 Å². The number of benzene rings is 1. The van der Waals surface area contributed by atoms with Gasteiger partial charge in [0.1, 0.15) is 0 Å². The van der Waals surface area contributed by atoms with Gasteiger partial charge in [0.05, 0.1) is 23.9 Å². The topological polar surface area (TPSA) is 62.7 Å². The van der Waals surface area contributed by atoms with Crippen molar-refractivity contribution in [3.05, 3.63) is 52.6 Å². The minimum absolute atomic E-state index is 0.0983. The first kappa shape index (κ1) is 17.3. The first-order valence-electron chi connectivity index (χ1n) is 6.86. The average Bonchev–Trinajstić information content (AvgIpc) is 2.86. The molecule has 3 rings (SSSR count). The molecule has 0 aliphatic carbocycles. The summed E-state index contributed by atoms with van der Waals surface area (Å²) in [5.41, 5.74) is 0.552. The standard InChI is InChI=1S/C16H10F2N2O3S2/c1-23-13-3-2-9(7-19-13)20-15(22)12(25-16(20)24)6-8-4-10(17)14(21)11(18)5-8/h2-7,21H,1H3. The van der Waals surface area contributed by atoms with Crippen molar-refractivity contribution in [2.45, 2.75) is 0 Å². The molecule has 0 bridgehead atoms. The van der Waals surface area contributed by atoms with Gasteiger partial charge in [-0.05, 0) is 29.8 Å². The summed E-state index contributed by atoms with van der Waals surface area (Å²) in [5, 5.41) is 9.13. The smallest absolute Gasteiger partial charge is 0.270 e. The number of thiocarbonyl (C=S) groups is 1. The Morgan fingerprint density at radius 1 is 1.32 bits per heavy atom. The van der Waals surface area contributed by atoms with Crippen LogP contribution in [-0.4, -0.2) is 27.4 Å². The number of hydrogen-bond acceptors (Lipinski definition) is 6. The molecular formula is C16H10F2N2O3S2. The Hall–Kier alpha value is -2.52. The molecular weight excluding hydrogens is 370 g/mol. The van der Waals surface area contributed by atoms with Gasteiger partial charge in [0.25, 0.3) is 5.91 Å². The number of aromatic hydroxyl groups is 1. The second-order valence-corrected chi connectivity index (χ2v) is 6.58. The summed E-state index contributed by atoms with van der Waals surface area (Å²) < 4.78 is 32.1. The van der Waals surface area contributed by atoms with E-state index in [2.05, 4.69) is 4.98 Å². The number of pyridine rings is 1. The van der Waals surface area contributed by atoms with E-state index in [-0.39, 0.29) is 14.8 Å². The molecule has 0 saturated carbocycles. The summed E-state index contributed by atoms with van der Waals surface area (Å²) in [5.74, 6) is -3.33. The first-order valence-corrected chi connectivity index (χ1v) is 8.09. The summed E-state index contributed by atoms with van der Waals surface area (Å²) in [6.07, 6.45) is 2.74. The Labute approximate surface area is 150 Å². The van der Waals surface area contributed by atoms with Gasteiger partial charge in [-0.25, -0.2) is 13.8 Å². The van der Waals surface area contributed by atoms with Crippen LogP contribution >= 0.6 is 24.0 Å². The van der Waals surface area contributed by atoms with Crippen LogP contribution in [0.5, 0.6) is 11.6 Å². The number of halogens is 2. The van der Waals surface area contributed by atoms with Crippen LogP contribution in [0.4, 0.5) is 14.5 Å². The van der Waals surface area contributed by atoms with Crippen molar-refractivity contribution in [3.8, 4) is 11.6 Å². The van der Waals surface area contributed by atoms with E-state index < -0.39 is 23.3 Å². The number of amides is 1. The molecule has 0 atom stereocenters. The van der Waals surface area contributed by atoms with Gasteiger partial charge in [0.15, 0.2) is 21.7 Å². The predicted octanol–water partition coefficient (Wildman–Crippen LogP) is 3.48. The number of rotatable bonds is 3. The number of hydrogen-bond donors (Lipinski definition) is 1.